The highest BCUT2D eigenvalue weighted by Crippen LogP contribution is 2.19. The van der Waals surface area contributed by atoms with Crippen LogP contribution in [0.2, 0.25) is 0 Å². The lowest BCUT2D eigenvalue weighted by atomic mass is 9.96. The van der Waals surface area contributed by atoms with Gasteiger partial charge in [0.2, 0.25) is 11.8 Å². The average Bonchev–Trinajstić information content (AvgIpc) is 2.55. The van der Waals surface area contributed by atoms with Crippen LogP contribution in [0, 0.1) is 0 Å². The Morgan fingerprint density at radius 2 is 2.00 bits per heavy atom. The number of benzene rings is 1. The van der Waals surface area contributed by atoms with E-state index in [9.17, 15) is 9.59 Å². The Hall–Kier alpha value is -1.59. The quantitative estimate of drug-likeness (QED) is 0.820. The van der Waals surface area contributed by atoms with Crippen molar-refractivity contribution < 1.29 is 9.59 Å². The third kappa shape index (κ3) is 6.13. The second-order valence-electron chi connectivity index (χ2n) is 6.27. The lowest BCUT2D eigenvalue weighted by molar-refractivity contribution is -0.135. The zero-order valence-corrected chi connectivity index (χ0v) is 15.1. The first kappa shape index (κ1) is 20.5. The second-order valence-corrected chi connectivity index (χ2v) is 6.27. The van der Waals surface area contributed by atoms with Gasteiger partial charge >= 0.3 is 0 Å². The van der Waals surface area contributed by atoms with Gasteiger partial charge in [-0.2, -0.15) is 0 Å². The monoisotopic (exact) mass is 353 g/mol. The Balaban J connectivity index is 0.00000288. The van der Waals surface area contributed by atoms with Crippen molar-refractivity contribution in [1.82, 2.24) is 10.2 Å². The van der Waals surface area contributed by atoms with Crippen LogP contribution in [0.3, 0.4) is 0 Å². The molecule has 1 fully saturated rings. The summed E-state index contributed by atoms with van der Waals surface area (Å²) in [6.45, 7) is 3.12. The molecule has 6 heteroatoms. The molecule has 5 nitrogen and oxygen atoms in total. The largest absolute Gasteiger partial charge is 0.355 e. The SMILES string of the molecule is CC(N)C1CCCCN1C(=O)CCNC(=O)Cc1ccccc1.Cl. The lowest BCUT2D eigenvalue weighted by Crippen LogP contribution is -2.52. The van der Waals surface area contributed by atoms with Crippen molar-refractivity contribution in [2.24, 2.45) is 5.73 Å². The van der Waals surface area contributed by atoms with Crippen LogP contribution in [0.4, 0.5) is 0 Å². The highest BCUT2D eigenvalue weighted by Gasteiger charge is 2.28. The van der Waals surface area contributed by atoms with Gasteiger partial charge in [0.05, 0.1) is 6.42 Å². The third-order valence-electron chi connectivity index (χ3n) is 4.35. The molecule has 0 aliphatic carbocycles. The molecule has 0 spiro atoms. The first-order chi connectivity index (χ1) is 11.1. The topological polar surface area (TPSA) is 75.4 Å². The minimum Gasteiger partial charge on any atom is -0.355 e. The molecular weight excluding hydrogens is 326 g/mol. The smallest absolute Gasteiger partial charge is 0.224 e. The van der Waals surface area contributed by atoms with Crippen molar-refractivity contribution in [2.75, 3.05) is 13.1 Å². The Morgan fingerprint density at radius 1 is 1.29 bits per heavy atom. The molecule has 1 saturated heterocycles. The van der Waals surface area contributed by atoms with Crippen LogP contribution in [0.25, 0.3) is 0 Å². The standard InChI is InChI=1S/C18H27N3O2.ClH/c1-14(19)16-9-5-6-12-21(16)18(23)10-11-20-17(22)13-15-7-3-2-4-8-15;/h2-4,7-8,14,16H,5-6,9-13,19H2,1H3,(H,20,22);1H. The lowest BCUT2D eigenvalue weighted by Gasteiger charge is -2.38. The molecule has 1 aliphatic heterocycles. The van der Waals surface area contributed by atoms with Crippen molar-refractivity contribution in [3.05, 3.63) is 35.9 Å². The van der Waals surface area contributed by atoms with Gasteiger partial charge in [0.25, 0.3) is 0 Å². The molecule has 2 unspecified atom stereocenters. The molecule has 0 aromatic heterocycles. The van der Waals surface area contributed by atoms with Crippen molar-refractivity contribution >= 4 is 24.2 Å². The van der Waals surface area contributed by atoms with Crippen molar-refractivity contribution in [3.8, 4) is 0 Å². The van der Waals surface area contributed by atoms with Gasteiger partial charge in [-0.05, 0) is 31.7 Å². The minimum atomic E-state index is -0.0496. The Labute approximate surface area is 150 Å². The van der Waals surface area contributed by atoms with Gasteiger partial charge in [-0.15, -0.1) is 12.4 Å². The van der Waals surface area contributed by atoms with Gasteiger partial charge in [-0.25, -0.2) is 0 Å². The maximum Gasteiger partial charge on any atom is 0.224 e. The number of likely N-dealkylation sites (tertiary alicyclic amines) is 1. The van der Waals surface area contributed by atoms with E-state index in [1.54, 1.807) is 0 Å². The Bertz CT molecular complexity index is 522. The summed E-state index contributed by atoms with van der Waals surface area (Å²) < 4.78 is 0. The van der Waals surface area contributed by atoms with Crippen molar-refractivity contribution in [3.63, 3.8) is 0 Å². The Kier molecular flexibility index (Phi) is 8.79. The number of halogens is 1. The van der Waals surface area contributed by atoms with Crippen LogP contribution in [-0.2, 0) is 16.0 Å². The molecule has 1 heterocycles. The molecular formula is C18H28ClN3O2. The first-order valence-corrected chi connectivity index (χ1v) is 8.43. The molecule has 2 rings (SSSR count). The number of nitrogens with zero attached hydrogens (tertiary/aromatic N) is 1. The Morgan fingerprint density at radius 3 is 2.67 bits per heavy atom. The highest BCUT2D eigenvalue weighted by atomic mass is 35.5. The summed E-state index contributed by atoms with van der Waals surface area (Å²) in [5.41, 5.74) is 6.97. The van der Waals surface area contributed by atoms with E-state index in [2.05, 4.69) is 5.32 Å². The van der Waals surface area contributed by atoms with E-state index in [0.717, 1.165) is 31.4 Å². The fourth-order valence-electron chi connectivity index (χ4n) is 3.11. The molecule has 2 atom stereocenters. The molecule has 1 aromatic rings. The predicted octanol–water partition coefficient (Wildman–Crippen LogP) is 1.89. The summed E-state index contributed by atoms with van der Waals surface area (Å²) in [4.78, 5) is 26.2. The fourth-order valence-corrected chi connectivity index (χ4v) is 3.11. The summed E-state index contributed by atoms with van der Waals surface area (Å²) >= 11 is 0. The van der Waals surface area contributed by atoms with E-state index in [1.165, 1.54) is 0 Å². The molecule has 3 N–H and O–H groups in total. The zero-order valence-electron chi connectivity index (χ0n) is 14.2. The molecule has 0 radical (unpaired) electrons. The number of carbonyl (C=O) groups excluding carboxylic acids is 2. The number of hydrogen-bond donors (Lipinski definition) is 2. The molecule has 0 saturated carbocycles. The van der Waals surface area contributed by atoms with Crippen molar-refractivity contribution in [2.45, 2.75) is 51.1 Å². The number of nitrogens with two attached hydrogens (primary N) is 1. The van der Waals surface area contributed by atoms with E-state index in [4.69, 9.17) is 5.73 Å². The van der Waals surface area contributed by atoms with Crippen LogP contribution >= 0.6 is 12.4 Å². The summed E-state index contributed by atoms with van der Waals surface area (Å²) in [7, 11) is 0. The van der Waals surface area contributed by atoms with Gasteiger partial charge < -0.3 is 16.0 Å². The zero-order chi connectivity index (χ0) is 16.7. The number of piperidine rings is 1. The van der Waals surface area contributed by atoms with Gasteiger partial charge in [0.1, 0.15) is 0 Å². The molecule has 24 heavy (non-hydrogen) atoms. The number of hydrogen-bond acceptors (Lipinski definition) is 3. The van der Waals surface area contributed by atoms with Crippen LogP contribution in [0.15, 0.2) is 30.3 Å². The summed E-state index contributed by atoms with van der Waals surface area (Å²) in [6, 6.07) is 9.72. The van der Waals surface area contributed by atoms with E-state index in [-0.39, 0.29) is 36.3 Å². The minimum absolute atomic E-state index is 0. The summed E-state index contributed by atoms with van der Waals surface area (Å²) in [5.74, 6) is 0.0402. The van der Waals surface area contributed by atoms with Gasteiger partial charge in [0.15, 0.2) is 0 Å². The summed E-state index contributed by atoms with van der Waals surface area (Å²) in [5, 5.41) is 2.83. The first-order valence-electron chi connectivity index (χ1n) is 8.43. The second kappa shape index (κ2) is 10.3. The van der Waals surface area contributed by atoms with Gasteiger partial charge in [-0.3, -0.25) is 9.59 Å². The van der Waals surface area contributed by atoms with Crippen molar-refractivity contribution in [1.29, 1.82) is 0 Å². The predicted molar refractivity (Wildman–Crippen MR) is 98.0 cm³/mol. The molecule has 0 bridgehead atoms. The van der Waals surface area contributed by atoms with Gasteiger partial charge in [0, 0.05) is 31.6 Å². The van der Waals surface area contributed by atoms with E-state index in [0.29, 0.717) is 19.4 Å². The maximum absolute atomic E-state index is 12.4. The number of carbonyl (C=O) groups is 2. The van der Waals surface area contributed by atoms with E-state index < -0.39 is 0 Å². The third-order valence-corrected chi connectivity index (χ3v) is 4.35. The van der Waals surface area contributed by atoms with E-state index in [1.807, 2.05) is 42.2 Å². The normalized spacial score (nSPS) is 18.4. The van der Waals surface area contributed by atoms with Crippen LogP contribution in [0.1, 0.15) is 38.2 Å². The molecule has 2 amide bonds. The summed E-state index contributed by atoms with van der Waals surface area (Å²) in [6.07, 6.45) is 3.83. The van der Waals surface area contributed by atoms with Crippen LogP contribution in [0.5, 0.6) is 0 Å². The molecule has 1 aromatic carbocycles. The van der Waals surface area contributed by atoms with Gasteiger partial charge in [-0.1, -0.05) is 30.3 Å². The molecule has 1 aliphatic rings. The molecule has 134 valence electrons. The fraction of sp³-hybridized carbons (Fsp3) is 0.556. The van der Waals surface area contributed by atoms with E-state index >= 15 is 0 Å². The average molecular weight is 354 g/mol. The van der Waals surface area contributed by atoms with Crippen LogP contribution in [-0.4, -0.2) is 41.9 Å². The van der Waals surface area contributed by atoms with Crippen LogP contribution < -0.4 is 11.1 Å². The highest BCUT2D eigenvalue weighted by molar-refractivity contribution is 5.85. The number of amides is 2. The number of nitrogens with one attached hydrogen (secondary N) is 1. The maximum atomic E-state index is 12.4. The number of rotatable bonds is 6.